The maximum absolute atomic E-state index is 12.4. The summed E-state index contributed by atoms with van der Waals surface area (Å²) in [7, 11) is 3.39. The van der Waals surface area contributed by atoms with Crippen LogP contribution in [0, 0.1) is 0 Å². The predicted octanol–water partition coefficient (Wildman–Crippen LogP) is 6.66. The van der Waals surface area contributed by atoms with Gasteiger partial charge in [0.15, 0.2) is 0 Å². The molecular formula is C25H40N3O5P3S2. The summed E-state index contributed by atoms with van der Waals surface area (Å²) in [5.41, 5.74) is 1.77. The van der Waals surface area contributed by atoms with E-state index in [1.165, 1.54) is 14.2 Å². The number of nitrogens with zero attached hydrogens (tertiary/aromatic N) is 2. The first-order chi connectivity index (χ1) is 17.8. The Morgan fingerprint density at radius 1 is 1.00 bits per heavy atom. The standard InChI is InChI=1S/C25H40N3O5P3S2/c1-9-25(4,33-23-16-12-21(13-17-23)19-36(29,30-7)31-8)35(38)28(6)27-18-20-10-14-22(15-11-20)32-24(2,3)34(37)26-5/h10-18,34-35H,9,19H2,1-8H3,(H,26,37)/b27-18+. The van der Waals surface area contributed by atoms with E-state index in [1.54, 1.807) is 6.21 Å². The highest BCUT2D eigenvalue weighted by atomic mass is 32.4. The van der Waals surface area contributed by atoms with Crippen LogP contribution in [0.15, 0.2) is 53.6 Å². The van der Waals surface area contributed by atoms with Crippen LogP contribution in [0.3, 0.4) is 0 Å². The van der Waals surface area contributed by atoms with Crippen molar-refractivity contribution in [1.82, 2.24) is 9.87 Å². The second-order valence-corrected chi connectivity index (χ2v) is 18.6. The Balaban J connectivity index is 2.06. The average Bonchev–Trinajstić information content (AvgIpc) is 2.92. The Hall–Kier alpha value is -1.08. The summed E-state index contributed by atoms with van der Waals surface area (Å²) in [6, 6.07) is 15.2. The van der Waals surface area contributed by atoms with Gasteiger partial charge in [0.05, 0.1) is 19.2 Å². The third-order valence-electron chi connectivity index (χ3n) is 6.03. The van der Waals surface area contributed by atoms with Crippen LogP contribution in [0.1, 0.15) is 45.2 Å². The number of hydrogen-bond acceptors (Lipinski definition) is 8. The molecule has 38 heavy (non-hydrogen) atoms. The number of hydrazone groups is 1. The number of ether oxygens (including phenoxy) is 2. The minimum absolute atomic E-state index is 0.190. The Kier molecular flexibility index (Phi) is 12.7. The summed E-state index contributed by atoms with van der Waals surface area (Å²) >= 11 is 11.5. The molecule has 0 aliphatic carbocycles. The molecule has 0 heterocycles. The van der Waals surface area contributed by atoms with Gasteiger partial charge in [0.25, 0.3) is 0 Å². The van der Waals surface area contributed by atoms with Crippen LogP contribution in [0.25, 0.3) is 0 Å². The van der Waals surface area contributed by atoms with Crippen LogP contribution in [0.4, 0.5) is 0 Å². The highest BCUT2D eigenvalue weighted by Crippen LogP contribution is 2.50. The summed E-state index contributed by atoms with van der Waals surface area (Å²) in [6.07, 6.45) is 2.70. The van der Waals surface area contributed by atoms with Gasteiger partial charge >= 0.3 is 7.60 Å². The van der Waals surface area contributed by atoms with Crippen LogP contribution in [-0.2, 0) is 43.4 Å². The Labute approximate surface area is 239 Å². The first-order valence-corrected chi connectivity index (χ1v) is 19.1. The molecule has 0 aliphatic rings. The van der Waals surface area contributed by atoms with Crippen molar-refractivity contribution < 1.29 is 23.1 Å². The van der Waals surface area contributed by atoms with E-state index >= 15 is 0 Å². The molecule has 2 rings (SSSR count). The van der Waals surface area contributed by atoms with Crippen LogP contribution in [0.2, 0.25) is 0 Å². The van der Waals surface area contributed by atoms with Gasteiger partial charge in [0, 0.05) is 28.1 Å². The van der Waals surface area contributed by atoms with Crippen molar-refractivity contribution in [1.29, 1.82) is 0 Å². The topological polar surface area (TPSA) is 81.6 Å². The monoisotopic (exact) mass is 619 g/mol. The zero-order valence-corrected chi connectivity index (χ0v) is 27.8. The molecule has 0 aliphatic heterocycles. The lowest BCUT2D eigenvalue weighted by molar-refractivity contribution is 0.171. The molecule has 0 spiro atoms. The summed E-state index contributed by atoms with van der Waals surface area (Å²) in [4.78, 5) is 0. The lowest BCUT2D eigenvalue weighted by Gasteiger charge is -2.34. The lowest BCUT2D eigenvalue weighted by Crippen LogP contribution is -2.30. The normalized spacial score (nSPS) is 15.6. The van der Waals surface area contributed by atoms with Gasteiger partial charge in [-0.15, -0.1) is 0 Å². The third kappa shape index (κ3) is 9.25. The largest absolute Gasteiger partial charge is 0.482 e. The second-order valence-electron chi connectivity index (χ2n) is 9.30. The fourth-order valence-electron chi connectivity index (χ4n) is 3.43. The predicted molar refractivity (Wildman–Crippen MR) is 168 cm³/mol. The van der Waals surface area contributed by atoms with Gasteiger partial charge < -0.3 is 18.5 Å². The van der Waals surface area contributed by atoms with E-state index in [0.29, 0.717) is 5.75 Å². The molecular weight excluding hydrogens is 579 g/mol. The zero-order chi connectivity index (χ0) is 28.6. The van der Waals surface area contributed by atoms with Gasteiger partial charge in [-0.1, -0.05) is 42.7 Å². The minimum atomic E-state index is -3.13. The molecule has 0 bridgehead atoms. The molecule has 0 fully saturated rings. The SMILES string of the molecule is CCC(C)(Oc1ccc(CP(=O)(OC)OC)cc1)[PH](=S)N(C)/N=C/c1ccc(OC(C)(C)[PH](=S)NC)cc1. The third-order valence-corrected chi connectivity index (χ3v) is 15.8. The molecule has 1 N–H and O–H groups in total. The van der Waals surface area contributed by atoms with Gasteiger partial charge in [-0.25, -0.2) is 0 Å². The minimum Gasteiger partial charge on any atom is -0.482 e. The van der Waals surface area contributed by atoms with Crippen molar-refractivity contribution in [2.24, 2.45) is 5.10 Å². The Bertz CT molecular complexity index is 1170. The number of benzene rings is 2. The van der Waals surface area contributed by atoms with E-state index < -0.39 is 32.0 Å². The molecule has 0 saturated carbocycles. The molecule has 3 atom stereocenters. The Morgan fingerprint density at radius 2 is 1.53 bits per heavy atom. The maximum atomic E-state index is 12.4. The molecule has 0 radical (unpaired) electrons. The first kappa shape index (κ1) is 33.1. The van der Waals surface area contributed by atoms with E-state index in [0.717, 1.165) is 23.3 Å². The van der Waals surface area contributed by atoms with E-state index in [1.807, 2.05) is 88.2 Å². The fourth-order valence-corrected chi connectivity index (χ4v) is 7.49. The lowest BCUT2D eigenvalue weighted by atomic mass is 10.2. The quantitative estimate of drug-likeness (QED) is 0.134. The summed E-state index contributed by atoms with van der Waals surface area (Å²) in [5.74, 6) is 1.45. The molecule has 13 heteroatoms. The molecule has 0 amide bonds. The number of rotatable bonds is 15. The zero-order valence-electron chi connectivity index (χ0n) is 23.3. The highest BCUT2D eigenvalue weighted by Gasteiger charge is 2.31. The van der Waals surface area contributed by atoms with Crippen molar-refractivity contribution in [3.8, 4) is 11.5 Å². The molecule has 0 aromatic heterocycles. The summed E-state index contributed by atoms with van der Waals surface area (Å²) in [5, 5.41) is 6.77. The number of nitrogens with one attached hydrogen (secondary N) is 1. The second kappa shape index (κ2) is 14.5. The average molecular weight is 620 g/mol. The van der Waals surface area contributed by atoms with E-state index in [-0.39, 0.29) is 6.16 Å². The van der Waals surface area contributed by atoms with Crippen molar-refractivity contribution in [2.45, 2.75) is 51.0 Å². The van der Waals surface area contributed by atoms with Crippen molar-refractivity contribution in [3.63, 3.8) is 0 Å². The molecule has 3 unspecified atom stereocenters. The van der Waals surface area contributed by atoms with Crippen molar-refractivity contribution >= 4 is 51.1 Å². The first-order valence-electron chi connectivity index (χ1n) is 12.1. The number of hydrogen-bond donors (Lipinski definition) is 1. The van der Waals surface area contributed by atoms with Crippen LogP contribution >= 0.6 is 21.3 Å². The van der Waals surface area contributed by atoms with Gasteiger partial charge in [0.2, 0.25) is 0 Å². The molecule has 8 nitrogen and oxygen atoms in total. The van der Waals surface area contributed by atoms with E-state index in [4.69, 9.17) is 42.1 Å². The molecule has 212 valence electrons. The Morgan fingerprint density at radius 3 is 2.03 bits per heavy atom. The van der Waals surface area contributed by atoms with Crippen molar-refractivity contribution in [3.05, 3.63) is 59.7 Å². The molecule has 2 aromatic carbocycles. The van der Waals surface area contributed by atoms with Crippen LogP contribution in [0.5, 0.6) is 11.5 Å². The van der Waals surface area contributed by atoms with Gasteiger partial charge in [-0.3, -0.25) is 14.4 Å². The van der Waals surface area contributed by atoms with Gasteiger partial charge in [-0.2, -0.15) is 5.10 Å². The van der Waals surface area contributed by atoms with Gasteiger partial charge in [0.1, 0.15) is 22.2 Å². The van der Waals surface area contributed by atoms with Crippen LogP contribution < -0.4 is 14.6 Å². The smallest absolute Gasteiger partial charge is 0.334 e. The maximum Gasteiger partial charge on any atom is 0.334 e. The molecule has 0 saturated heterocycles. The summed E-state index contributed by atoms with van der Waals surface area (Å²) < 4.78 is 36.8. The van der Waals surface area contributed by atoms with E-state index in [9.17, 15) is 4.57 Å². The summed E-state index contributed by atoms with van der Waals surface area (Å²) in [6.45, 7) is 5.19. The fraction of sp³-hybridized carbons (Fsp3) is 0.480. The van der Waals surface area contributed by atoms with Gasteiger partial charge in [-0.05, 0) is 81.8 Å². The van der Waals surface area contributed by atoms with Crippen molar-refractivity contribution in [2.75, 3.05) is 28.3 Å². The highest BCUT2D eigenvalue weighted by molar-refractivity contribution is 8.05. The molecule has 2 aromatic rings. The van der Waals surface area contributed by atoms with Crippen LogP contribution in [-0.4, -0.2) is 50.0 Å². The van der Waals surface area contributed by atoms with E-state index in [2.05, 4.69) is 17.1 Å².